The maximum atomic E-state index is 4.56. The maximum absolute atomic E-state index is 4.56. The van der Waals surface area contributed by atoms with Gasteiger partial charge in [0, 0.05) is 86.8 Å². The SMILES string of the molecule is [Ir].[Ir].[c-]1cccc2c1-n1nccc1N1B2c2ccccc2-c2ccccc21.[c-]1cccc2c1-n1nccc1N1B2c2ccccc2-c2ccccc21.[c-]1cccc2c1c1nccn1c1ccccc21.[c-]1ccccc1-c1nccc2ccccc12. The third kappa shape index (κ3) is 8.86. The fourth-order valence-corrected chi connectivity index (χ4v) is 12.8. The minimum absolute atomic E-state index is 0. The number of aromatic nitrogens is 7. The number of pyridine rings is 2. The van der Waals surface area contributed by atoms with Crippen LogP contribution in [0, 0.1) is 24.3 Å². The van der Waals surface area contributed by atoms with Gasteiger partial charge in [-0.25, -0.2) is 9.36 Å². The molecule has 0 atom stereocenters. The van der Waals surface area contributed by atoms with Crippen molar-refractivity contribution in [1.29, 1.82) is 0 Å². The normalized spacial score (nSPS) is 12.2. The standard InChI is InChI=1S/2C21H13BN3.C15H9N2.C15H10N.2Ir/c2*1-3-9-17-15(7-1)16-8-2-5-11-19(16)24-21-13-14-23-25(21)20-12-6-4-10-18(20)22(17)24;1-2-7-13-11(5-1)12-6-3-4-8-14(12)17-10-9-16-15(13)17;1-2-7-13(8-3-1)15-14-9-5-4-6-12(14)10-11-16-15;;/h2*1-11,13-14H;1-6,8-10H;1-7,9-11H;;/q4*-1;;. The van der Waals surface area contributed by atoms with Crippen molar-refractivity contribution in [2.24, 2.45) is 0 Å². The van der Waals surface area contributed by atoms with Gasteiger partial charge in [0.25, 0.3) is 13.7 Å². The average Bonchev–Trinajstić information content (AvgIpc) is 2.38. The Labute approximate surface area is 519 Å². The second-order valence-electron chi connectivity index (χ2n) is 20.7. The van der Waals surface area contributed by atoms with E-state index in [1.807, 2.05) is 107 Å². The number of benzene rings is 10. The number of rotatable bonds is 1. The van der Waals surface area contributed by atoms with Crippen molar-refractivity contribution in [2.45, 2.75) is 0 Å². The van der Waals surface area contributed by atoms with Crippen molar-refractivity contribution < 1.29 is 40.2 Å². The zero-order valence-electron chi connectivity index (χ0n) is 45.3. The number of anilines is 4. The molecule has 0 aliphatic carbocycles. The van der Waals surface area contributed by atoms with Gasteiger partial charge in [0.05, 0.1) is 18.0 Å². The third-order valence-electron chi connectivity index (χ3n) is 16.2. The van der Waals surface area contributed by atoms with Gasteiger partial charge in [-0.2, -0.15) is 58.7 Å². The van der Waals surface area contributed by atoms with Crippen LogP contribution in [0.25, 0.3) is 83.0 Å². The van der Waals surface area contributed by atoms with E-state index in [1.54, 1.807) is 0 Å². The first-order valence-electron chi connectivity index (χ1n) is 27.8. The molecule has 0 amide bonds. The first kappa shape index (κ1) is 53.3. The van der Waals surface area contributed by atoms with Gasteiger partial charge < -0.3 is 19.0 Å². The minimum Gasteiger partial charge on any atom is -0.374 e. The van der Waals surface area contributed by atoms with Crippen LogP contribution >= 0.6 is 0 Å². The number of fused-ring (bicyclic) bond motifs is 29. The summed E-state index contributed by atoms with van der Waals surface area (Å²) in [6.45, 7) is 0.283. The van der Waals surface area contributed by atoms with Gasteiger partial charge in [0.2, 0.25) is 0 Å². The van der Waals surface area contributed by atoms with Crippen molar-refractivity contribution >= 4 is 96.7 Å². The summed E-state index contributed by atoms with van der Waals surface area (Å²) in [6.07, 6.45) is 9.41. The van der Waals surface area contributed by atoms with Crippen LogP contribution in [-0.2, 0) is 40.2 Å². The Balaban J connectivity index is 0.000000102. The molecule has 85 heavy (non-hydrogen) atoms. The summed E-state index contributed by atoms with van der Waals surface area (Å²) < 4.78 is 6.11. The molecule has 406 valence electrons. The first-order chi connectivity index (χ1) is 41.3. The molecule has 4 aliphatic rings. The Morgan fingerprint density at radius 2 is 0.871 bits per heavy atom. The van der Waals surface area contributed by atoms with Crippen molar-refractivity contribution in [2.75, 3.05) is 9.62 Å². The zero-order valence-corrected chi connectivity index (χ0v) is 50.1. The van der Waals surface area contributed by atoms with Gasteiger partial charge >= 0.3 is 0 Å². The Morgan fingerprint density at radius 1 is 0.365 bits per heavy atom. The van der Waals surface area contributed by atoms with E-state index in [9.17, 15) is 0 Å². The molecule has 9 nitrogen and oxygen atoms in total. The van der Waals surface area contributed by atoms with Crippen LogP contribution in [0.3, 0.4) is 0 Å². The molecule has 0 N–H and O–H groups in total. The summed E-state index contributed by atoms with van der Waals surface area (Å²) in [5, 5.41) is 15.0. The van der Waals surface area contributed by atoms with E-state index in [-0.39, 0.29) is 53.9 Å². The molecule has 2 radical (unpaired) electrons. The second-order valence-corrected chi connectivity index (χ2v) is 20.7. The summed E-state index contributed by atoms with van der Waals surface area (Å²) in [4.78, 5) is 13.7. The molecule has 9 heterocycles. The van der Waals surface area contributed by atoms with Crippen molar-refractivity contribution in [1.82, 2.24) is 33.9 Å². The van der Waals surface area contributed by atoms with Gasteiger partial charge in [0.15, 0.2) is 0 Å². The molecule has 0 spiro atoms. The van der Waals surface area contributed by atoms with Gasteiger partial charge in [-0.15, -0.1) is 76.5 Å². The summed E-state index contributed by atoms with van der Waals surface area (Å²) >= 11 is 0. The van der Waals surface area contributed by atoms with E-state index in [4.69, 9.17) is 0 Å². The molecule has 0 fully saturated rings. The number of nitrogens with zero attached hydrogens (tertiary/aromatic N) is 9. The third-order valence-corrected chi connectivity index (χ3v) is 16.2. The summed E-state index contributed by atoms with van der Waals surface area (Å²) in [5.41, 5.74) is 19.0. The monoisotopic (exact) mass is 1440 g/mol. The van der Waals surface area contributed by atoms with Gasteiger partial charge in [0.1, 0.15) is 11.6 Å². The maximum Gasteiger partial charge on any atom is 0.262 e. The summed E-state index contributed by atoms with van der Waals surface area (Å²) in [6, 6.07) is 97.3. The van der Waals surface area contributed by atoms with E-state index < -0.39 is 0 Å². The first-order valence-corrected chi connectivity index (χ1v) is 27.8. The van der Waals surface area contributed by atoms with Crippen LogP contribution in [0.1, 0.15) is 0 Å². The minimum atomic E-state index is 0. The van der Waals surface area contributed by atoms with Crippen molar-refractivity contribution in [3.05, 3.63) is 298 Å². The Kier molecular flexibility index (Phi) is 14.1. The molecule has 5 aromatic heterocycles. The quantitative estimate of drug-likeness (QED) is 0.0926. The molecule has 0 bridgehead atoms. The number of hydrogen-bond acceptors (Lipinski definition) is 6. The molecular formula is C72H45B2Ir2N9-4. The smallest absolute Gasteiger partial charge is 0.262 e. The Bertz CT molecular complexity index is 4710. The number of para-hydroxylation sites is 5. The second kappa shape index (κ2) is 22.4. The fraction of sp³-hybridized carbons (Fsp3) is 0. The van der Waals surface area contributed by atoms with E-state index in [0.29, 0.717) is 0 Å². The number of imidazole rings is 1. The zero-order chi connectivity index (χ0) is 54.8. The molecule has 13 heteroatoms. The predicted molar refractivity (Wildman–Crippen MR) is 338 cm³/mol. The summed E-state index contributed by atoms with van der Waals surface area (Å²) in [5.74, 6) is 2.17. The van der Waals surface area contributed by atoms with Crippen molar-refractivity contribution in [3.8, 4) is 44.9 Å². The van der Waals surface area contributed by atoms with Crippen LogP contribution in [0.15, 0.2) is 274 Å². The van der Waals surface area contributed by atoms with Crippen LogP contribution < -0.4 is 31.5 Å². The van der Waals surface area contributed by atoms with E-state index in [2.05, 4.69) is 234 Å². The van der Waals surface area contributed by atoms with Crippen LogP contribution in [0.5, 0.6) is 0 Å². The molecule has 10 aromatic carbocycles. The van der Waals surface area contributed by atoms with Gasteiger partial charge in [-0.3, -0.25) is 4.98 Å². The fourth-order valence-electron chi connectivity index (χ4n) is 12.8. The molecule has 15 aromatic rings. The molecule has 0 saturated carbocycles. The predicted octanol–water partition coefficient (Wildman–Crippen LogP) is 13.0. The van der Waals surface area contributed by atoms with Gasteiger partial charge in [-0.05, 0) is 80.8 Å². The van der Waals surface area contributed by atoms with Crippen molar-refractivity contribution in [3.63, 3.8) is 0 Å². The topological polar surface area (TPSA) is 72.3 Å². The molecule has 0 saturated heterocycles. The van der Waals surface area contributed by atoms with Crippen LogP contribution in [0.4, 0.5) is 23.0 Å². The Hall–Kier alpha value is -9.73. The largest absolute Gasteiger partial charge is 0.374 e. The number of hydrogen-bond donors (Lipinski definition) is 0. The van der Waals surface area contributed by atoms with Gasteiger partial charge in [-0.1, -0.05) is 144 Å². The molecule has 19 rings (SSSR count). The van der Waals surface area contributed by atoms with E-state index in [1.165, 1.54) is 82.5 Å². The summed E-state index contributed by atoms with van der Waals surface area (Å²) in [7, 11) is 0. The molecule has 4 aliphatic heterocycles. The van der Waals surface area contributed by atoms with Crippen LogP contribution in [0.2, 0.25) is 0 Å². The average molecular weight is 1440 g/mol. The van der Waals surface area contributed by atoms with E-state index in [0.717, 1.165) is 45.3 Å². The Morgan fingerprint density at radius 3 is 1.51 bits per heavy atom. The molecule has 0 unspecified atom stereocenters. The van der Waals surface area contributed by atoms with E-state index >= 15 is 0 Å². The molecular weight excluding hydrogens is 1400 g/mol. The van der Waals surface area contributed by atoms with Crippen LogP contribution in [-0.4, -0.2) is 47.6 Å².